The number of alkyl halides is 1. The maximum Gasteiger partial charge on any atom is 0.201 e. The molecule has 0 spiro atoms. The Kier molecular flexibility index (Phi) is 4.66. The minimum absolute atomic E-state index is 0.229. The minimum Gasteiger partial charge on any atom is -0.453 e. The summed E-state index contributed by atoms with van der Waals surface area (Å²) in [5, 5.41) is 0.276. The van der Waals surface area contributed by atoms with Crippen molar-refractivity contribution in [3.63, 3.8) is 0 Å². The van der Waals surface area contributed by atoms with Crippen molar-refractivity contribution in [3.8, 4) is 11.5 Å². The van der Waals surface area contributed by atoms with Gasteiger partial charge in [0, 0.05) is 10.4 Å². The van der Waals surface area contributed by atoms with Gasteiger partial charge in [-0.05, 0) is 29.8 Å². The summed E-state index contributed by atoms with van der Waals surface area (Å²) in [7, 11) is 0. The Hall–Kier alpha value is -0.840. The van der Waals surface area contributed by atoms with Crippen LogP contribution in [0.25, 0.3) is 0 Å². The smallest absolute Gasteiger partial charge is 0.201 e. The molecule has 6 heteroatoms. The van der Waals surface area contributed by atoms with Crippen molar-refractivity contribution in [2.24, 2.45) is 0 Å². The molecule has 0 radical (unpaired) electrons. The summed E-state index contributed by atoms with van der Waals surface area (Å²) in [4.78, 5) is 0. The fourth-order valence-corrected chi connectivity index (χ4v) is 2.25. The monoisotopic (exact) mass is 366 g/mol. The van der Waals surface area contributed by atoms with Gasteiger partial charge in [0.2, 0.25) is 5.82 Å². The minimum atomic E-state index is -1.07. The molecule has 0 saturated carbocycles. The van der Waals surface area contributed by atoms with Gasteiger partial charge >= 0.3 is 0 Å². The normalized spacial score (nSPS) is 10.6. The Morgan fingerprint density at radius 2 is 1.84 bits per heavy atom. The highest BCUT2D eigenvalue weighted by atomic mass is 79.9. The van der Waals surface area contributed by atoms with Crippen LogP contribution in [0, 0.1) is 11.6 Å². The SMILES string of the molecule is Fc1cc(Br)cc(Oc2ccc(CCl)cc2Cl)c1F. The summed E-state index contributed by atoms with van der Waals surface area (Å²) in [6.07, 6.45) is 0. The zero-order valence-corrected chi connectivity index (χ0v) is 12.5. The first-order chi connectivity index (χ1) is 9.01. The molecule has 19 heavy (non-hydrogen) atoms. The van der Waals surface area contributed by atoms with Crippen molar-refractivity contribution in [1.82, 2.24) is 0 Å². The molecule has 0 unspecified atom stereocenters. The van der Waals surface area contributed by atoms with Gasteiger partial charge in [0.15, 0.2) is 11.6 Å². The standard InChI is InChI=1S/C13H7BrCl2F2O/c14-8-4-10(17)13(18)12(5-8)19-11-2-1-7(6-15)3-9(11)16/h1-5H,6H2. The van der Waals surface area contributed by atoms with Crippen molar-refractivity contribution in [3.05, 3.63) is 57.0 Å². The lowest BCUT2D eigenvalue weighted by molar-refractivity contribution is 0.415. The Morgan fingerprint density at radius 1 is 1.11 bits per heavy atom. The van der Waals surface area contributed by atoms with E-state index in [2.05, 4.69) is 15.9 Å². The van der Waals surface area contributed by atoms with Crippen LogP contribution < -0.4 is 4.74 Å². The lowest BCUT2D eigenvalue weighted by Crippen LogP contribution is -1.93. The third kappa shape index (κ3) is 3.38. The van der Waals surface area contributed by atoms with E-state index in [9.17, 15) is 8.78 Å². The summed E-state index contributed by atoms with van der Waals surface area (Å²) >= 11 is 14.7. The van der Waals surface area contributed by atoms with Gasteiger partial charge in [0.25, 0.3) is 0 Å². The third-order valence-corrected chi connectivity index (χ3v) is 3.39. The average molecular weight is 368 g/mol. The van der Waals surface area contributed by atoms with Crippen LogP contribution in [-0.2, 0) is 5.88 Å². The molecule has 1 nitrogen and oxygen atoms in total. The van der Waals surface area contributed by atoms with Gasteiger partial charge in [0.1, 0.15) is 5.75 Å². The molecule has 0 aliphatic heterocycles. The fraction of sp³-hybridized carbons (Fsp3) is 0.0769. The number of ether oxygens (including phenoxy) is 1. The molecular weight excluding hydrogens is 361 g/mol. The summed E-state index contributed by atoms with van der Waals surface area (Å²) < 4.78 is 32.4. The van der Waals surface area contributed by atoms with Crippen molar-refractivity contribution < 1.29 is 13.5 Å². The van der Waals surface area contributed by atoms with E-state index in [1.54, 1.807) is 18.2 Å². The van der Waals surface area contributed by atoms with E-state index >= 15 is 0 Å². The highest BCUT2D eigenvalue weighted by Crippen LogP contribution is 2.34. The molecule has 0 bridgehead atoms. The number of hydrogen-bond donors (Lipinski definition) is 0. The molecule has 0 fully saturated rings. The number of rotatable bonds is 3. The third-order valence-electron chi connectivity index (χ3n) is 2.33. The van der Waals surface area contributed by atoms with E-state index in [0.29, 0.717) is 10.4 Å². The first kappa shape index (κ1) is 14.6. The molecule has 2 rings (SSSR count). The van der Waals surface area contributed by atoms with Crippen molar-refractivity contribution in [2.75, 3.05) is 0 Å². The van der Waals surface area contributed by atoms with Gasteiger partial charge < -0.3 is 4.74 Å². The van der Waals surface area contributed by atoms with Crippen LogP contribution in [0.5, 0.6) is 11.5 Å². The van der Waals surface area contributed by atoms with E-state index in [4.69, 9.17) is 27.9 Å². The summed E-state index contributed by atoms with van der Waals surface area (Å²) in [5.41, 5.74) is 0.805. The molecule has 0 N–H and O–H groups in total. The summed E-state index contributed by atoms with van der Waals surface area (Å²) in [5.74, 6) is -1.78. The lowest BCUT2D eigenvalue weighted by atomic mass is 10.2. The Balaban J connectivity index is 2.36. The van der Waals surface area contributed by atoms with Crippen molar-refractivity contribution in [1.29, 1.82) is 0 Å². The molecule has 2 aromatic rings. The van der Waals surface area contributed by atoms with E-state index in [-0.39, 0.29) is 16.5 Å². The highest BCUT2D eigenvalue weighted by Gasteiger charge is 2.13. The molecule has 0 heterocycles. The van der Waals surface area contributed by atoms with E-state index in [1.807, 2.05) is 0 Å². The zero-order chi connectivity index (χ0) is 14.0. The fourth-order valence-electron chi connectivity index (χ4n) is 1.44. The summed E-state index contributed by atoms with van der Waals surface area (Å²) in [6.45, 7) is 0. The predicted molar refractivity (Wildman–Crippen MR) is 75.1 cm³/mol. The van der Waals surface area contributed by atoms with E-state index in [1.165, 1.54) is 6.07 Å². The van der Waals surface area contributed by atoms with Crippen LogP contribution >= 0.6 is 39.1 Å². The van der Waals surface area contributed by atoms with Gasteiger partial charge in [-0.25, -0.2) is 4.39 Å². The van der Waals surface area contributed by atoms with Crippen LogP contribution in [0.3, 0.4) is 0 Å². The first-order valence-electron chi connectivity index (χ1n) is 5.18. The molecule has 0 amide bonds. The summed E-state index contributed by atoms with van der Waals surface area (Å²) in [6, 6.07) is 7.19. The largest absolute Gasteiger partial charge is 0.453 e. The maximum atomic E-state index is 13.6. The van der Waals surface area contributed by atoms with Crippen LogP contribution in [0.1, 0.15) is 5.56 Å². The van der Waals surface area contributed by atoms with Gasteiger partial charge in [-0.15, -0.1) is 11.6 Å². The Labute approximate surface area is 127 Å². The van der Waals surface area contributed by atoms with E-state index in [0.717, 1.165) is 11.6 Å². The van der Waals surface area contributed by atoms with Crippen molar-refractivity contribution >= 4 is 39.1 Å². The number of benzene rings is 2. The van der Waals surface area contributed by atoms with Crippen LogP contribution in [0.4, 0.5) is 8.78 Å². The van der Waals surface area contributed by atoms with Gasteiger partial charge in [-0.3, -0.25) is 0 Å². The second kappa shape index (κ2) is 6.07. The first-order valence-corrected chi connectivity index (χ1v) is 6.88. The maximum absolute atomic E-state index is 13.6. The van der Waals surface area contributed by atoms with Gasteiger partial charge in [-0.1, -0.05) is 33.6 Å². The average Bonchev–Trinajstić information content (AvgIpc) is 2.37. The number of halogens is 5. The second-order valence-corrected chi connectivity index (χ2v) is 5.29. The highest BCUT2D eigenvalue weighted by molar-refractivity contribution is 9.10. The molecule has 2 aromatic carbocycles. The topological polar surface area (TPSA) is 9.23 Å². The quantitative estimate of drug-likeness (QED) is 0.483. The van der Waals surface area contributed by atoms with E-state index < -0.39 is 11.6 Å². The van der Waals surface area contributed by atoms with Gasteiger partial charge in [-0.2, -0.15) is 4.39 Å². The molecule has 0 aromatic heterocycles. The van der Waals surface area contributed by atoms with Crippen LogP contribution in [-0.4, -0.2) is 0 Å². The zero-order valence-electron chi connectivity index (χ0n) is 9.39. The molecular formula is C13H7BrCl2F2O. The molecule has 0 aliphatic rings. The van der Waals surface area contributed by atoms with Gasteiger partial charge in [0.05, 0.1) is 5.02 Å². The van der Waals surface area contributed by atoms with Crippen molar-refractivity contribution in [2.45, 2.75) is 5.88 Å². The Bertz CT molecular complexity index is 620. The molecule has 0 aliphatic carbocycles. The molecule has 0 atom stereocenters. The second-order valence-electron chi connectivity index (χ2n) is 3.70. The predicted octanol–water partition coefficient (Wildman–Crippen LogP) is 5.91. The number of hydrogen-bond acceptors (Lipinski definition) is 1. The van der Waals surface area contributed by atoms with Crippen LogP contribution in [0.15, 0.2) is 34.8 Å². The lowest BCUT2D eigenvalue weighted by Gasteiger charge is -2.10. The molecule has 0 saturated heterocycles. The molecule has 100 valence electrons. The van der Waals surface area contributed by atoms with Crippen LogP contribution in [0.2, 0.25) is 5.02 Å². The Morgan fingerprint density at radius 3 is 2.47 bits per heavy atom.